The lowest BCUT2D eigenvalue weighted by Crippen LogP contribution is -2.10. The van der Waals surface area contributed by atoms with Crippen LogP contribution in [0.15, 0.2) is 72.8 Å². The minimum atomic E-state index is 0.504. The van der Waals surface area contributed by atoms with Crippen molar-refractivity contribution in [3.8, 4) is 39.4 Å². The van der Waals surface area contributed by atoms with Gasteiger partial charge in [-0.3, -0.25) is 0 Å². The maximum absolute atomic E-state index is 6.13. The van der Waals surface area contributed by atoms with E-state index in [0.717, 1.165) is 50.0 Å². The van der Waals surface area contributed by atoms with Crippen molar-refractivity contribution in [2.45, 2.75) is 20.5 Å². The lowest BCUT2D eigenvalue weighted by Gasteiger charge is -2.24. The van der Waals surface area contributed by atoms with Gasteiger partial charge in [0.2, 0.25) is 0 Å². The van der Waals surface area contributed by atoms with Crippen LogP contribution in [0.4, 0.5) is 0 Å². The van der Waals surface area contributed by atoms with E-state index in [1.807, 2.05) is 18.2 Å². The molecule has 0 radical (unpaired) electrons. The number of fused-ring (bicyclic) bond motifs is 3. The van der Waals surface area contributed by atoms with Crippen molar-refractivity contribution >= 4 is 11.6 Å². The summed E-state index contributed by atoms with van der Waals surface area (Å²) in [5, 5.41) is 0.729. The number of benzene rings is 3. The fourth-order valence-electron chi connectivity index (χ4n) is 3.80. The molecule has 3 heteroatoms. The van der Waals surface area contributed by atoms with Crippen LogP contribution in [0.2, 0.25) is 5.02 Å². The first kappa shape index (κ1) is 18.0. The zero-order chi connectivity index (χ0) is 20.0. The number of hydrogen-bond acceptors (Lipinski definition) is 2. The predicted octanol–water partition coefficient (Wildman–Crippen LogP) is 7.25. The van der Waals surface area contributed by atoms with Crippen molar-refractivity contribution in [3.63, 3.8) is 0 Å². The van der Waals surface area contributed by atoms with Crippen molar-refractivity contribution in [2.75, 3.05) is 0 Å². The maximum Gasteiger partial charge on any atom is 0.129 e. The summed E-state index contributed by atoms with van der Waals surface area (Å²) in [6, 6.07) is 24.9. The van der Waals surface area contributed by atoms with Gasteiger partial charge in [0.1, 0.15) is 12.4 Å². The molecule has 0 saturated carbocycles. The van der Waals surface area contributed by atoms with Crippen LogP contribution in [-0.4, -0.2) is 4.98 Å². The molecule has 1 aliphatic heterocycles. The molecule has 0 spiro atoms. The zero-order valence-electron chi connectivity index (χ0n) is 16.4. The Hall–Kier alpha value is -3.10. The van der Waals surface area contributed by atoms with Gasteiger partial charge in [-0.15, -0.1) is 0 Å². The fraction of sp³-hybridized carbons (Fsp3) is 0.115. The standard InChI is InChI=1S/C26H20ClNO/c1-16-3-6-19(7-4-16)24-14-21(18-8-10-20(27)11-9-18)23-15-29-25-12-5-17(2)13-22(25)26(23)28-24/h3-14H,15H2,1-2H3. The van der Waals surface area contributed by atoms with E-state index in [1.165, 1.54) is 11.1 Å². The molecule has 0 fully saturated rings. The average Bonchev–Trinajstić information content (AvgIpc) is 2.74. The van der Waals surface area contributed by atoms with E-state index in [4.69, 9.17) is 21.3 Å². The first-order chi connectivity index (χ1) is 14.1. The van der Waals surface area contributed by atoms with E-state index in [0.29, 0.717) is 6.61 Å². The van der Waals surface area contributed by atoms with Crippen LogP contribution in [0.3, 0.4) is 0 Å². The normalized spacial score (nSPS) is 12.1. The average molecular weight is 398 g/mol. The van der Waals surface area contributed by atoms with Gasteiger partial charge in [0, 0.05) is 21.7 Å². The molecule has 3 aromatic carbocycles. The molecule has 1 aromatic heterocycles. The SMILES string of the molecule is Cc1ccc(-c2cc(-c3ccc(Cl)cc3)c3c(n2)-c2cc(C)ccc2OC3)cc1. The molecule has 29 heavy (non-hydrogen) atoms. The van der Waals surface area contributed by atoms with Crippen LogP contribution in [0.1, 0.15) is 16.7 Å². The zero-order valence-corrected chi connectivity index (χ0v) is 17.1. The summed E-state index contributed by atoms with van der Waals surface area (Å²) in [5.41, 5.74) is 9.90. The summed E-state index contributed by atoms with van der Waals surface area (Å²) in [6.07, 6.45) is 0. The summed E-state index contributed by atoms with van der Waals surface area (Å²) >= 11 is 6.13. The second-order valence-corrected chi connectivity index (χ2v) is 7.98. The number of aromatic nitrogens is 1. The monoisotopic (exact) mass is 397 g/mol. The van der Waals surface area contributed by atoms with E-state index in [1.54, 1.807) is 0 Å². The topological polar surface area (TPSA) is 22.1 Å². The Morgan fingerprint density at radius 2 is 1.45 bits per heavy atom. The highest BCUT2D eigenvalue weighted by Gasteiger charge is 2.23. The number of hydrogen-bond donors (Lipinski definition) is 0. The predicted molar refractivity (Wildman–Crippen MR) is 119 cm³/mol. The van der Waals surface area contributed by atoms with Crippen LogP contribution in [-0.2, 0) is 6.61 Å². The van der Waals surface area contributed by atoms with Crippen LogP contribution >= 0.6 is 11.6 Å². The Kier molecular flexibility index (Phi) is 4.37. The Balaban J connectivity index is 1.79. The minimum absolute atomic E-state index is 0.504. The van der Waals surface area contributed by atoms with Crippen molar-refractivity contribution in [2.24, 2.45) is 0 Å². The molecule has 0 bridgehead atoms. The number of aryl methyl sites for hydroxylation is 2. The highest BCUT2D eigenvalue weighted by atomic mass is 35.5. The molecule has 142 valence electrons. The molecule has 1 aliphatic rings. The van der Waals surface area contributed by atoms with Crippen molar-refractivity contribution in [1.82, 2.24) is 4.98 Å². The van der Waals surface area contributed by atoms with E-state index >= 15 is 0 Å². The van der Waals surface area contributed by atoms with Crippen LogP contribution in [0.25, 0.3) is 33.6 Å². The molecule has 4 aromatic rings. The number of nitrogens with zero attached hydrogens (tertiary/aromatic N) is 1. The molecule has 0 aliphatic carbocycles. The highest BCUT2D eigenvalue weighted by molar-refractivity contribution is 6.30. The van der Waals surface area contributed by atoms with Gasteiger partial charge in [-0.05, 0) is 55.3 Å². The summed E-state index contributed by atoms with van der Waals surface area (Å²) < 4.78 is 6.09. The van der Waals surface area contributed by atoms with Crippen molar-refractivity contribution < 1.29 is 4.74 Å². The third-order valence-electron chi connectivity index (χ3n) is 5.39. The van der Waals surface area contributed by atoms with Crippen LogP contribution < -0.4 is 4.74 Å². The van der Waals surface area contributed by atoms with E-state index in [9.17, 15) is 0 Å². The second-order valence-electron chi connectivity index (χ2n) is 7.54. The van der Waals surface area contributed by atoms with Gasteiger partial charge >= 0.3 is 0 Å². The summed E-state index contributed by atoms with van der Waals surface area (Å²) in [5.74, 6) is 0.888. The summed E-state index contributed by atoms with van der Waals surface area (Å²) in [7, 11) is 0. The first-order valence-corrected chi connectivity index (χ1v) is 10.1. The molecule has 2 nitrogen and oxygen atoms in total. The van der Waals surface area contributed by atoms with Gasteiger partial charge in [0.05, 0.1) is 11.4 Å². The van der Waals surface area contributed by atoms with Gasteiger partial charge in [-0.1, -0.05) is 65.2 Å². The van der Waals surface area contributed by atoms with Gasteiger partial charge in [0.15, 0.2) is 0 Å². The molecule has 0 saturated heterocycles. The molecule has 5 rings (SSSR count). The van der Waals surface area contributed by atoms with E-state index in [2.05, 4.69) is 68.4 Å². The number of pyridine rings is 1. The minimum Gasteiger partial charge on any atom is -0.488 e. The Morgan fingerprint density at radius 1 is 0.759 bits per heavy atom. The van der Waals surface area contributed by atoms with Gasteiger partial charge < -0.3 is 4.74 Å². The molecule has 0 atom stereocenters. The van der Waals surface area contributed by atoms with Crippen LogP contribution in [0.5, 0.6) is 5.75 Å². The lowest BCUT2D eigenvalue weighted by molar-refractivity contribution is 0.302. The van der Waals surface area contributed by atoms with Crippen molar-refractivity contribution in [1.29, 1.82) is 0 Å². The van der Waals surface area contributed by atoms with E-state index < -0.39 is 0 Å². The van der Waals surface area contributed by atoms with Gasteiger partial charge in [-0.25, -0.2) is 4.98 Å². The molecule has 0 unspecified atom stereocenters. The van der Waals surface area contributed by atoms with Crippen LogP contribution in [0, 0.1) is 13.8 Å². The summed E-state index contributed by atoms with van der Waals surface area (Å²) in [6.45, 7) is 4.70. The Bertz CT molecular complexity index is 1210. The van der Waals surface area contributed by atoms with E-state index in [-0.39, 0.29) is 0 Å². The molecule has 0 N–H and O–H groups in total. The maximum atomic E-state index is 6.13. The second kappa shape index (κ2) is 7.06. The van der Waals surface area contributed by atoms with Gasteiger partial charge in [0.25, 0.3) is 0 Å². The number of halogens is 1. The molecule has 2 heterocycles. The smallest absolute Gasteiger partial charge is 0.129 e. The number of rotatable bonds is 2. The summed E-state index contributed by atoms with van der Waals surface area (Å²) in [4.78, 5) is 5.09. The first-order valence-electron chi connectivity index (χ1n) is 9.69. The highest BCUT2D eigenvalue weighted by Crippen LogP contribution is 2.42. The largest absolute Gasteiger partial charge is 0.488 e. The molecular weight excluding hydrogens is 378 g/mol. The lowest BCUT2D eigenvalue weighted by atomic mass is 9.92. The molecule has 0 amide bonds. The molecular formula is C26H20ClNO. The van der Waals surface area contributed by atoms with Crippen molar-refractivity contribution in [3.05, 3.63) is 94.5 Å². The fourth-order valence-corrected chi connectivity index (χ4v) is 3.93. The third-order valence-corrected chi connectivity index (χ3v) is 5.64. The quantitative estimate of drug-likeness (QED) is 0.355. The third kappa shape index (κ3) is 3.30. The number of ether oxygens (including phenoxy) is 1. The Labute approximate surface area is 175 Å². The Morgan fingerprint density at radius 3 is 2.21 bits per heavy atom. The van der Waals surface area contributed by atoms with Gasteiger partial charge in [-0.2, -0.15) is 0 Å².